The van der Waals surface area contributed by atoms with Crippen molar-refractivity contribution in [3.05, 3.63) is 45.2 Å². The highest BCUT2D eigenvalue weighted by Gasteiger charge is 2.32. The minimum absolute atomic E-state index is 0.0253. The normalized spacial score (nSPS) is 21.9. The molecule has 0 aliphatic carbocycles. The Kier molecular flexibility index (Phi) is 7.97. The Hall–Kier alpha value is -2.17. The molecular formula is C26H34F3N3O3S. The number of benzene rings is 1. The van der Waals surface area contributed by atoms with Crippen molar-refractivity contribution in [1.82, 2.24) is 9.47 Å². The summed E-state index contributed by atoms with van der Waals surface area (Å²) in [6, 6.07) is 3.19. The Balaban J connectivity index is 1.69. The number of nitrogens with zero attached hydrogens (tertiary/aromatic N) is 3. The Morgan fingerprint density at radius 2 is 2.00 bits per heavy atom. The highest BCUT2D eigenvalue weighted by molar-refractivity contribution is 7.09. The zero-order chi connectivity index (χ0) is 26.1. The predicted molar refractivity (Wildman–Crippen MR) is 132 cm³/mol. The van der Waals surface area contributed by atoms with Gasteiger partial charge >= 0.3 is 6.18 Å². The van der Waals surface area contributed by atoms with Gasteiger partial charge in [-0.05, 0) is 62.9 Å². The van der Waals surface area contributed by atoms with Gasteiger partial charge in [-0.3, -0.25) is 4.79 Å². The molecule has 36 heavy (non-hydrogen) atoms. The van der Waals surface area contributed by atoms with Crippen molar-refractivity contribution < 1.29 is 27.4 Å². The Morgan fingerprint density at radius 1 is 1.22 bits per heavy atom. The number of hydrogen-bond acceptors (Lipinski definition) is 5. The van der Waals surface area contributed by atoms with Crippen LogP contribution < -0.4 is 9.54 Å². The van der Waals surface area contributed by atoms with E-state index < -0.39 is 17.6 Å². The molecule has 1 aromatic heterocycles. The van der Waals surface area contributed by atoms with Gasteiger partial charge in [-0.25, -0.2) is 0 Å². The van der Waals surface area contributed by atoms with Crippen molar-refractivity contribution in [1.29, 1.82) is 0 Å². The number of ether oxygens (including phenoxy) is 2. The number of alkyl halides is 3. The third kappa shape index (κ3) is 6.39. The maximum absolute atomic E-state index is 13.5. The van der Waals surface area contributed by atoms with Crippen LogP contribution in [0.25, 0.3) is 0 Å². The number of amides is 1. The molecule has 0 N–H and O–H groups in total. The van der Waals surface area contributed by atoms with Gasteiger partial charge in [0.15, 0.2) is 4.80 Å². The van der Waals surface area contributed by atoms with Crippen LogP contribution in [0.1, 0.15) is 67.3 Å². The number of carbonyl (C=O) groups excluding carboxylic acids is 1. The SMILES string of the molecule is CN1CCC[C@@H]1COc1ccc(C(F)(F)F)cc1C(=O)N=c1sc(C(C)(C)C)cn1C[C@H]1CCCO1. The first-order chi connectivity index (χ1) is 16.9. The van der Waals surface area contributed by atoms with Gasteiger partial charge in [-0.1, -0.05) is 20.8 Å². The van der Waals surface area contributed by atoms with Gasteiger partial charge in [-0.2, -0.15) is 18.2 Å². The van der Waals surface area contributed by atoms with Crippen LogP contribution in [0.5, 0.6) is 5.75 Å². The summed E-state index contributed by atoms with van der Waals surface area (Å²) >= 11 is 1.37. The summed E-state index contributed by atoms with van der Waals surface area (Å²) in [5.41, 5.74) is -1.25. The number of hydrogen-bond donors (Lipinski definition) is 0. The van der Waals surface area contributed by atoms with Gasteiger partial charge in [0, 0.05) is 23.7 Å². The van der Waals surface area contributed by atoms with Crippen LogP contribution in [0, 0.1) is 0 Å². The predicted octanol–water partition coefficient (Wildman–Crippen LogP) is 5.26. The topological polar surface area (TPSA) is 56.1 Å². The Morgan fingerprint density at radius 3 is 2.61 bits per heavy atom. The van der Waals surface area contributed by atoms with Crippen molar-refractivity contribution >= 4 is 17.2 Å². The average molecular weight is 526 g/mol. The molecule has 3 heterocycles. The van der Waals surface area contributed by atoms with E-state index in [2.05, 4.69) is 30.7 Å². The molecule has 0 unspecified atom stereocenters. The molecule has 2 aromatic rings. The first-order valence-corrected chi connectivity index (χ1v) is 13.2. The minimum atomic E-state index is -4.58. The number of rotatable bonds is 6. The van der Waals surface area contributed by atoms with Gasteiger partial charge in [-0.15, -0.1) is 11.3 Å². The van der Waals surface area contributed by atoms with Crippen molar-refractivity contribution in [2.45, 2.75) is 76.7 Å². The number of likely N-dealkylation sites (N-methyl/N-ethyl adjacent to an activating group) is 1. The van der Waals surface area contributed by atoms with Crippen molar-refractivity contribution in [2.75, 3.05) is 26.8 Å². The van der Waals surface area contributed by atoms with Crippen LogP contribution in [0.2, 0.25) is 0 Å². The number of thiazole rings is 1. The summed E-state index contributed by atoms with van der Waals surface area (Å²) in [5, 5.41) is 0. The number of aromatic nitrogens is 1. The van der Waals surface area contributed by atoms with Crippen LogP contribution in [0.3, 0.4) is 0 Å². The monoisotopic (exact) mass is 525 g/mol. The molecule has 0 bridgehead atoms. The standard InChI is InChI=1S/C26H34F3N3O3S/c1-25(2,3)22-15-32(14-19-8-6-12-34-19)24(36-22)30-23(33)20-13-17(26(27,28)29)9-10-21(20)35-16-18-7-5-11-31(18)4/h9-10,13,15,18-19H,5-8,11-12,14,16H2,1-4H3/t18-,19-/m1/s1. The van der Waals surface area contributed by atoms with Crippen LogP contribution in [0.4, 0.5) is 13.2 Å². The van der Waals surface area contributed by atoms with Gasteiger partial charge < -0.3 is 18.9 Å². The average Bonchev–Trinajstić information content (AvgIpc) is 3.54. The lowest BCUT2D eigenvalue weighted by Gasteiger charge is -2.20. The van der Waals surface area contributed by atoms with Crippen molar-refractivity contribution in [3.63, 3.8) is 0 Å². The van der Waals surface area contributed by atoms with Gasteiger partial charge in [0.25, 0.3) is 5.91 Å². The van der Waals surface area contributed by atoms with Crippen molar-refractivity contribution in [3.8, 4) is 5.75 Å². The molecule has 2 saturated heterocycles. The minimum Gasteiger partial charge on any atom is -0.491 e. The lowest BCUT2D eigenvalue weighted by molar-refractivity contribution is -0.137. The van der Waals surface area contributed by atoms with Gasteiger partial charge in [0.2, 0.25) is 0 Å². The summed E-state index contributed by atoms with van der Waals surface area (Å²) in [5.74, 6) is -0.630. The van der Waals surface area contributed by atoms with E-state index in [0.717, 1.165) is 49.2 Å². The van der Waals surface area contributed by atoms with E-state index in [9.17, 15) is 18.0 Å². The molecule has 2 aliphatic rings. The van der Waals surface area contributed by atoms with Crippen molar-refractivity contribution in [2.24, 2.45) is 4.99 Å². The number of carbonyl (C=O) groups is 1. The molecule has 2 aliphatic heterocycles. The zero-order valence-electron chi connectivity index (χ0n) is 21.2. The molecule has 6 nitrogen and oxygen atoms in total. The third-order valence-electron chi connectivity index (χ3n) is 6.72. The molecule has 1 amide bonds. The highest BCUT2D eigenvalue weighted by atomic mass is 32.1. The van der Waals surface area contributed by atoms with E-state index in [4.69, 9.17) is 9.47 Å². The summed E-state index contributed by atoms with van der Waals surface area (Å²) in [4.78, 5) is 21.3. The maximum Gasteiger partial charge on any atom is 0.416 e. The largest absolute Gasteiger partial charge is 0.491 e. The fraction of sp³-hybridized carbons (Fsp3) is 0.615. The molecule has 2 fully saturated rings. The molecule has 10 heteroatoms. The fourth-order valence-electron chi connectivity index (χ4n) is 4.47. The van der Waals surface area contributed by atoms with E-state index in [0.29, 0.717) is 24.6 Å². The van der Waals surface area contributed by atoms with Crippen LogP contribution in [-0.2, 0) is 22.9 Å². The first kappa shape index (κ1) is 26.9. The molecule has 0 spiro atoms. The summed E-state index contributed by atoms with van der Waals surface area (Å²) in [6.07, 6.45) is 1.30. The number of halogens is 3. The second kappa shape index (κ2) is 10.7. The molecular weight excluding hydrogens is 491 g/mol. The van der Waals surface area contributed by atoms with Gasteiger partial charge in [0.05, 0.1) is 23.8 Å². The fourth-order valence-corrected chi connectivity index (χ4v) is 5.53. The van der Waals surface area contributed by atoms with Crippen LogP contribution >= 0.6 is 11.3 Å². The smallest absolute Gasteiger partial charge is 0.416 e. The molecule has 2 atom stereocenters. The second-order valence-corrected chi connectivity index (χ2v) is 11.6. The molecule has 198 valence electrons. The quantitative estimate of drug-likeness (QED) is 0.517. The molecule has 0 saturated carbocycles. The number of likely N-dealkylation sites (tertiary alicyclic amines) is 1. The summed E-state index contributed by atoms with van der Waals surface area (Å²) < 4.78 is 54.0. The van der Waals surface area contributed by atoms with E-state index in [1.807, 2.05) is 17.8 Å². The molecule has 4 rings (SSSR count). The molecule has 1 aromatic carbocycles. The third-order valence-corrected chi connectivity index (χ3v) is 8.17. The summed E-state index contributed by atoms with van der Waals surface area (Å²) in [6.45, 7) is 8.70. The lowest BCUT2D eigenvalue weighted by atomic mass is 9.95. The molecule has 0 radical (unpaired) electrons. The van der Waals surface area contributed by atoms with E-state index in [1.54, 1.807) is 0 Å². The van der Waals surface area contributed by atoms with Gasteiger partial charge in [0.1, 0.15) is 12.4 Å². The Labute approximate surface area is 213 Å². The first-order valence-electron chi connectivity index (χ1n) is 12.4. The highest BCUT2D eigenvalue weighted by Crippen LogP contribution is 2.33. The van der Waals surface area contributed by atoms with E-state index in [1.165, 1.54) is 17.4 Å². The zero-order valence-corrected chi connectivity index (χ0v) is 22.0. The van der Waals surface area contributed by atoms with Crippen LogP contribution in [-0.4, -0.2) is 54.3 Å². The lowest BCUT2D eigenvalue weighted by Crippen LogP contribution is -2.30. The summed E-state index contributed by atoms with van der Waals surface area (Å²) in [7, 11) is 1.99. The van der Waals surface area contributed by atoms with E-state index >= 15 is 0 Å². The van der Waals surface area contributed by atoms with Crippen LogP contribution in [0.15, 0.2) is 29.4 Å². The second-order valence-electron chi connectivity index (χ2n) is 10.6. The van der Waals surface area contributed by atoms with E-state index in [-0.39, 0.29) is 28.9 Å². The maximum atomic E-state index is 13.5. The Bertz CT molecular complexity index is 1140.